The summed E-state index contributed by atoms with van der Waals surface area (Å²) in [6, 6.07) is 5.79. The summed E-state index contributed by atoms with van der Waals surface area (Å²) in [4.78, 5) is 17.7. The largest absolute Gasteiger partial charge is 0.493 e. The van der Waals surface area contributed by atoms with Crippen LogP contribution in [0.4, 0.5) is 5.69 Å². The lowest BCUT2D eigenvalue weighted by Crippen LogP contribution is -2.38. The number of methoxy groups -OCH3 is 1. The van der Waals surface area contributed by atoms with Crippen LogP contribution in [0.1, 0.15) is 27.2 Å². The highest BCUT2D eigenvalue weighted by atomic mass is 16.5. The van der Waals surface area contributed by atoms with E-state index in [9.17, 15) is 4.79 Å². The van der Waals surface area contributed by atoms with Crippen LogP contribution in [-0.2, 0) is 4.79 Å². The molecule has 0 heterocycles. The van der Waals surface area contributed by atoms with Crippen molar-refractivity contribution in [2.75, 3.05) is 39.7 Å². The van der Waals surface area contributed by atoms with E-state index in [2.05, 4.69) is 29.5 Å². The van der Waals surface area contributed by atoms with Crippen molar-refractivity contribution in [3.63, 3.8) is 0 Å². The van der Waals surface area contributed by atoms with Gasteiger partial charge in [0.1, 0.15) is 6.54 Å². The number of amides is 1. The molecule has 0 radical (unpaired) electrons. The SMILES string of the molecule is CCOc1ccc(NC(=NCC(=O)N(C)C)NC(C)CC)cc1OC. The molecule has 1 aromatic rings. The van der Waals surface area contributed by atoms with E-state index >= 15 is 0 Å². The number of anilines is 1. The normalized spacial score (nSPS) is 12.3. The van der Waals surface area contributed by atoms with E-state index < -0.39 is 0 Å². The quantitative estimate of drug-likeness (QED) is 0.556. The van der Waals surface area contributed by atoms with E-state index in [0.29, 0.717) is 24.1 Å². The number of ether oxygens (including phenoxy) is 2. The zero-order chi connectivity index (χ0) is 18.8. The molecule has 0 aliphatic rings. The first-order valence-corrected chi connectivity index (χ1v) is 8.50. The van der Waals surface area contributed by atoms with E-state index in [-0.39, 0.29) is 18.5 Å². The van der Waals surface area contributed by atoms with Gasteiger partial charge in [0, 0.05) is 31.9 Å². The van der Waals surface area contributed by atoms with Gasteiger partial charge in [-0.25, -0.2) is 4.99 Å². The van der Waals surface area contributed by atoms with Crippen molar-refractivity contribution in [2.45, 2.75) is 33.2 Å². The van der Waals surface area contributed by atoms with Gasteiger partial charge in [0.05, 0.1) is 13.7 Å². The van der Waals surface area contributed by atoms with Gasteiger partial charge in [0.15, 0.2) is 17.5 Å². The Balaban J connectivity index is 2.96. The fourth-order valence-corrected chi connectivity index (χ4v) is 1.90. The van der Waals surface area contributed by atoms with E-state index in [1.165, 1.54) is 4.90 Å². The molecule has 0 fully saturated rings. The van der Waals surface area contributed by atoms with Crippen LogP contribution >= 0.6 is 0 Å². The Hall–Kier alpha value is -2.44. The molecule has 1 unspecified atom stereocenters. The Labute approximate surface area is 150 Å². The van der Waals surface area contributed by atoms with Gasteiger partial charge in [-0.15, -0.1) is 0 Å². The van der Waals surface area contributed by atoms with Gasteiger partial charge in [-0.05, 0) is 32.4 Å². The Morgan fingerprint density at radius 1 is 1.28 bits per heavy atom. The molecule has 0 spiro atoms. The van der Waals surface area contributed by atoms with Crippen molar-refractivity contribution in [2.24, 2.45) is 4.99 Å². The Morgan fingerprint density at radius 3 is 2.56 bits per heavy atom. The smallest absolute Gasteiger partial charge is 0.243 e. The third kappa shape index (κ3) is 6.91. The molecule has 0 saturated heterocycles. The van der Waals surface area contributed by atoms with Crippen LogP contribution < -0.4 is 20.1 Å². The number of hydrogen-bond acceptors (Lipinski definition) is 4. The minimum Gasteiger partial charge on any atom is -0.493 e. The maximum atomic E-state index is 11.8. The van der Waals surface area contributed by atoms with Gasteiger partial charge in [-0.2, -0.15) is 0 Å². The van der Waals surface area contributed by atoms with Crippen LogP contribution in [0, 0.1) is 0 Å². The zero-order valence-corrected chi connectivity index (χ0v) is 16.0. The maximum Gasteiger partial charge on any atom is 0.243 e. The molecular weight excluding hydrogens is 320 g/mol. The summed E-state index contributed by atoms with van der Waals surface area (Å²) < 4.78 is 10.9. The first-order valence-electron chi connectivity index (χ1n) is 8.50. The second kappa shape index (κ2) is 10.4. The van der Waals surface area contributed by atoms with Crippen LogP contribution in [-0.4, -0.2) is 57.2 Å². The fourth-order valence-electron chi connectivity index (χ4n) is 1.90. The third-order valence-electron chi connectivity index (χ3n) is 3.59. The summed E-state index contributed by atoms with van der Waals surface area (Å²) in [7, 11) is 5.03. The molecule has 7 nitrogen and oxygen atoms in total. The minimum absolute atomic E-state index is 0.0606. The maximum absolute atomic E-state index is 11.8. The number of hydrogen-bond donors (Lipinski definition) is 2. The Kier molecular flexibility index (Phi) is 8.60. The molecule has 1 aromatic carbocycles. The monoisotopic (exact) mass is 350 g/mol. The summed E-state index contributed by atoms with van der Waals surface area (Å²) in [5.41, 5.74) is 0.798. The van der Waals surface area contributed by atoms with E-state index in [1.54, 1.807) is 21.2 Å². The van der Waals surface area contributed by atoms with Gasteiger partial charge >= 0.3 is 0 Å². The molecule has 0 aromatic heterocycles. The molecule has 1 amide bonds. The Morgan fingerprint density at radius 2 is 2.00 bits per heavy atom. The Bertz CT molecular complexity index is 588. The predicted molar refractivity (Wildman–Crippen MR) is 102 cm³/mol. The topological polar surface area (TPSA) is 75.2 Å². The minimum atomic E-state index is -0.0606. The number of carbonyl (C=O) groups excluding carboxylic acids is 1. The van der Waals surface area contributed by atoms with Crippen LogP contribution in [0.2, 0.25) is 0 Å². The number of aliphatic imine (C=N–C) groups is 1. The lowest BCUT2D eigenvalue weighted by atomic mass is 10.2. The molecule has 2 N–H and O–H groups in total. The van der Waals surface area contributed by atoms with Crippen molar-refractivity contribution < 1.29 is 14.3 Å². The number of nitrogens with zero attached hydrogens (tertiary/aromatic N) is 2. The third-order valence-corrected chi connectivity index (χ3v) is 3.59. The van der Waals surface area contributed by atoms with Gasteiger partial charge in [-0.3, -0.25) is 4.79 Å². The highest BCUT2D eigenvalue weighted by Crippen LogP contribution is 2.30. The van der Waals surface area contributed by atoms with Crippen molar-refractivity contribution in [3.8, 4) is 11.5 Å². The summed E-state index contributed by atoms with van der Waals surface area (Å²) in [6.07, 6.45) is 0.939. The average Bonchev–Trinajstić information content (AvgIpc) is 2.60. The molecule has 0 aliphatic heterocycles. The van der Waals surface area contributed by atoms with Crippen LogP contribution in [0.3, 0.4) is 0 Å². The van der Waals surface area contributed by atoms with Crippen LogP contribution in [0.15, 0.2) is 23.2 Å². The second-order valence-corrected chi connectivity index (χ2v) is 5.83. The number of guanidine groups is 1. The standard InChI is InChI=1S/C18H30N4O3/c1-7-13(3)20-18(19-12-17(23)22(4)5)21-14-9-10-15(25-8-2)16(11-14)24-6/h9-11,13H,7-8,12H2,1-6H3,(H2,19,20,21). The van der Waals surface area contributed by atoms with E-state index in [1.807, 2.05) is 25.1 Å². The van der Waals surface area contributed by atoms with Gasteiger partial charge in [-0.1, -0.05) is 6.92 Å². The second-order valence-electron chi connectivity index (χ2n) is 5.83. The van der Waals surface area contributed by atoms with Crippen molar-refractivity contribution >= 4 is 17.6 Å². The van der Waals surface area contributed by atoms with Gasteiger partial charge < -0.3 is 25.0 Å². The van der Waals surface area contributed by atoms with Gasteiger partial charge in [0.25, 0.3) is 0 Å². The lowest BCUT2D eigenvalue weighted by molar-refractivity contribution is -0.127. The molecule has 1 atom stereocenters. The highest BCUT2D eigenvalue weighted by Gasteiger charge is 2.10. The number of nitrogens with one attached hydrogen (secondary N) is 2. The van der Waals surface area contributed by atoms with E-state index in [0.717, 1.165) is 12.1 Å². The van der Waals surface area contributed by atoms with Crippen molar-refractivity contribution in [1.29, 1.82) is 0 Å². The fraction of sp³-hybridized carbons (Fsp3) is 0.556. The first kappa shape index (κ1) is 20.6. The van der Waals surface area contributed by atoms with E-state index in [4.69, 9.17) is 9.47 Å². The summed E-state index contributed by atoms with van der Waals surface area (Å²) in [5.74, 6) is 1.82. The van der Waals surface area contributed by atoms with Gasteiger partial charge in [0.2, 0.25) is 5.91 Å². The molecule has 140 valence electrons. The van der Waals surface area contributed by atoms with Crippen molar-refractivity contribution in [1.82, 2.24) is 10.2 Å². The number of benzene rings is 1. The first-order chi connectivity index (χ1) is 11.9. The zero-order valence-electron chi connectivity index (χ0n) is 16.0. The molecule has 25 heavy (non-hydrogen) atoms. The van der Waals surface area contributed by atoms with Crippen LogP contribution in [0.5, 0.6) is 11.5 Å². The average molecular weight is 350 g/mol. The summed E-state index contributed by atoms with van der Waals surface area (Å²) in [6.45, 7) is 6.71. The molecule has 7 heteroatoms. The van der Waals surface area contributed by atoms with Crippen LogP contribution in [0.25, 0.3) is 0 Å². The number of rotatable bonds is 8. The predicted octanol–water partition coefficient (Wildman–Crippen LogP) is 2.34. The molecular formula is C18H30N4O3. The lowest BCUT2D eigenvalue weighted by Gasteiger charge is -2.18. The molecule has 0 saturated carbocycles. The van der Waals surface area contributed by atoms with Crippen molar-refractivity contribution in [3.05, 3.63) is 18.2 Å². The summed E-state index contributed by atoms with van der Waals surface area (Å²) >= 11 is 0. The molecule has 0 bridgehead atoms. The number of likely N-dealkylation sites (N-methyl/N-ethyl adjacent to an activating group) is 1. The summed E-state index contributed by atoms with van der Waals surface area (Å²) in [5, 5.41) is 6.50. The number of carbonyl (C=O) groups is 1. The molecule has 0 aliphatic carbocycles. The highest BCUT2D eigenvalue weighted by molar-refractivity contribution is 5.95. The molecule has 1 rings (SSSR count).